The molecule has 0 aliphatic carbocycles. The predicted octanol–water partition coefficient (Wildman–Crippen LogP) is 1.57. The van der Waals surface area contributed by atoms with Gasteiger partial charge in [0.2, 0.25) is 0 Å². The molecule has 0 spiro atoms. The van der Waals surface area contributed by atoms with Crippen molar-refractivity contribution >= 4 is 16.8 Å². The molecule has 1 aromatic heterocycles. The lowest BCUT2D eigenvalue weighted by atomic mass is 10.1. The summed E-state index contributed by atoms with van der Waals surface area (Å²) in [6, 6.07) is 7.51. The summed E-state index contributed by atoms with van der Waals surface area (Å²) in [5, 5.41) is 0. The fourth-order valence-corrected chi connectivity index (χ4v) is 1.85. The lowest BCUT2D eigenvalue weighted by Gasteiger charge is -2.05. The molecule has 0 saturated heterocycles. The average Bonchev–Trinajstić information content (AvgIpc) is 2.55. The normalized spacial score (nSPS) is 11.3. The minimum Gasteiger partial charge on any atom is -0.297 e. The Bertz CT molecular complexity index is 620. The van der Waals surface area contributed by atoms with Crippen LogP contribution in [0.3, 0.4) is 0 Å². The van der Waals surface area contributed by atoms with E-state index in [1.807, 2.05) is 38.1 Å². The van der Waals surface area contributed by atoms with Gasteiger partial charge in [-0.2, -0.15) is 0 Å². The first kappa shape index (κ1) is 11.6. The fraction of sp³-hybridized carbons (Fsp3) is 0.385. The highest BCUT2D eigenvalue weighted by atomic mass is 16.2. The van der Waals surface area contributed by atoms with E-state index in [0.29, 0.717) is 0 Å². The Morgan fingerprint density at radius 3 is 2.41 bits per heavy atom. The largest absolute Gasteiger partial charge is 0.329 e. The quantitative estimate of drug-likeness (QED) is 0.806. The molecule has 0 atom stereocenters. The number of carbonyl (C=O) groups is 1. The second-order valence-electron chi connectivity index (χ2n) is 4.54. The maximum Gasteiger partial charge on any atom is 0.329 e. The van der Waals surface area contributed by atoms with E-state index in [1.54, 1.807) is 11.6 Å². The number of hydrogen-bond acceptors (Lipinski definition) is 2. The van der Waals surface area contributed by atoms with Crippen molar-refractivity contribution in [1.29, 1.82) is 0 Å². The fourth-order valence-electron chi connectivity index (χ4n) is 1.85. The Hall–Kier alpha value is -1.84. The minimum atomic E-state index is -0.139. The smallest absolute Gasteiger partial charge is 0.297 e. The van der Waals surface area contributed by atoms with E-state index in [-0.39, 0.29) is 23.9 Å². The lowest BCUT2D eigenvalue weighted by molar-refractivity contribution is -0.122. The number of Topliss-reactive ketones (excluding diaryl/α,β-unsaturated/α-hetero) is 1. The SMILES string of the molecule is CC(C)C(=O)Cn1c(=O)n(C)c2ccccc21. The van der Waals surface area contributed by atoms with Crippen LogP contribution in [-0.2, 0) is 18.4 Å². The van der Waals surface area contributed by atoms with Crippen LogP contribution >= 0.6 is 0 Å². The molecule has 0 aliphatic heterocycles. The van der Waals surface area contributed by atoms with E-state index < -0.39 is 0 Å². The molecule has 0 N–H and O–H groups in total. The summed E-state index contributed by atoms with van der Waals surface area (Å²) in [4.78, 5) is 23.8. The number of hydrogen-bond donors (Lipinski definition) is 0. The number of aryl methyl sites for hydroxylation is 1. The van der Waals surface area contributed by atoms with Crippen LogP contribution in [0.2, 0.25) is 0 Å². The number of carbonyl (C=O) groups excluding carboxylic acids is 1. The Morgan fingerprint density at radius 1 is 1.24 bits per heavy atom. The molecule has 0 fully saturated rings. The summed E-state index contributed by atoms with van der Waals surface area (Å²) in [6.07, 6.45) is 0. The molecule has 2 aromatic rings. The summed E-state index contributed by atoms with van der Waals surface area (Å²) in [7, 11) is 1.72. The first-order valence-electron chi connectivity index (χ1n) is 5.69. The van der Waals surface area contributed by atoms with Crippen LogP contribution in [0.5, 0.6) is 0 Å². The Labute approximate surface area is 99.5 Å². The van der Waals surface area contributed by atoms with Crippen molar-refractivity contribution in [3.8, 4) is 0 Å². The van der Waals surface area contributed by atoms with Crippen LogP contribution in [-0.4, -0.2) is 14.9 Å². The van der Waals surface area contributed by atoms with Crippen LogP contribution < -0.4 is 5.69 Å². The van der Waals surface area contributed by atoms with Crippen molar-refractivity contribution in [1.82, 2.24) is 9.13 Å². The zero-order valence-corrected chi connectivity index (χ0v) is 10.3. The third-order valence-electron chi connectivity index (χ3n) is 3.01. The van der Waals surface area contributed by atoms with E-state index >= 15 is 0 Å². The second kappa shape index (κ2) is 4.20. The third kappa shape index (κ3) is 1.90. The molecule has 0 unspecified atom stereocenters. The number of nitrogens with zero attached hydrogens (tertiary/aromatic N) is 2. The highest BCUT2D eigenvalue weighted by molar-refractivity contribution is 5.83. The standard InChI is InChI=1S/C13H16N2O2/c1-9(2)12(16)8-15-11-7-5-4-6-10(11)14(3)13(15)17/h4-7,9H,8H2,1-3H3. The summed E-state index contributed by atoms with van der Waals surface area (Å²) in [6.45, 7) is 3.84. The van der Waals surface area contributed by atoms with Crippen molar-refractivity contribution in [3.05, 3.63) is 34.7 Å². The maximum absolute atomic E-state index is 12.0. The number of ketones is 1. The molecule has 2 rings (SSSR count). The van der Waals surface area contributed by atoms with Crippen molar-refractivity contribution in [2.45, 2.75) is 20.4 Å². The van der Waals surface area contributed by atoms with E-state index in [4.69, 9.17) is 0 Å². The molecule has 1 heterocycles. The summed E-state index contributed by atoms with van der Waals surface area (Å²) in [5.74, 6) is 0.0179. The number of aromatic nitrogens is 2. The highest BCUT2D eigenvalue weighted by Gasteiger charge is 2.14. The zero-order valence-electron chi connectivity index (χ0n) is 10.3. The van der Waals surface area contributed by atoms with Crippen molar-refractivity contribution in [3.63, 3.8) is 0 Å². The average molecular weight is 232 g/mol. The molecule has 4 heteroatoms. The number of rotatable bonds is 3. The Kier molecular flexibility index (Phi) is 2.88. The topological polar surface area (TPSA) is 44.0 Å². The Morgan fingerprint density at radius 2 is 1.82 bits per heavy atom. The molecule has 0 aliphatic rings. The number of imidazole rings is 1. The first-order valence-corrected chi connectivity index (χ1v) is 5.69. The van der Waals surface area contributed by atoms with Gasteiger partial charge in [0.25, 0.3) is 0 Å². The van der Waals surface area contributed by atoms with Crippen molar-refractivity contribution in [2.24, 2.45) is 13.0 Å². The van der Waals surface area contributed by atoms with Gasteiger partial charge in [-0.05, 0) is 12.1 Å². The van der Waals surface area contributed by atoms with E-state index in [2.05, 4.69) is 0 Å². The van der Waals surface area contributed by atoms with Gasteiger partial charge >= 0.3 is 5.69 Å². The van der Waals surface area contributed by atoms with Gasteiger partial charge in [-0.25, -0.2) is 4.79 Å². The van der Waals surface area contributed by atoms with Crippen LogP contribution in [0, 0.1) is 5.92 Å². The predicted molar refractivity (Wildman–Crippen MR) is 67.0 cm³/mol. The number of benzene rings is 1. The van der Waals surface area contributed by atoms with Gasteiger partial charge in [0.15, 0.2) is 5.78 Å². The molecule has 17 heavy (non-hydrogen) atoms. The molecular formula is C13H16N2O2. The molecule has 0 radical (unpaired) electrons. The van der Waals surface area contributed by atoms with Gasteiger partial charge in [0, 0.05) is 13.0 Å². The number of fused-ring (bicyclic) bond motifs is 1. The lowest BCUT2D eigenvalue weighted by Crippen LogP contribution is -2.27. The summed E-state index contributed by atoms with van der Waals surface area (Å²) in [5.41, 5.74) is 1.53. The number of para-hydroxylation sites is 2. The summed E-state index contributed by atoms with van der Waals surface area (Å²) < 4.78 is 3.11. The van der Waals surface area contributed by atoms with Crippen molar-refractivity contribution < 1.29 is 4.79 Å². The van der Waals surface area contributed by atoms with Gasteiger partial charge < -0.3 is 0 Å². The monoisotopic (exact) mass is 232 g/mol. The molecular weight excluding hydrogens is 216 g/mol. The van der Waals surface area contributed by atoms with Gasteiger partial charge in [0.1, 0.15) is 0 Å². The first-order chi connectivity index (χ1) is 8.02. The maximum atomic E-state index is 12.0. The second-order valence-corrected chi connectivity index (χ2v) is 4.54. The van der Waals surface area contributed by atoms with E-state index in [9.17, 15) is 9.59 Å². The molecule has 0 bridgehead atoms. The van der Waals surface area contributed by atoms with Gasteiger partial charge in [-0.15, -0.1) is 0 Å². The molecule has 0 saturated carbocycles. The van der Waals surface area contributed by atoms with E-state index in [0.717, 1.165) is 11.0 Å². The Balaban J connectivity index is 2.58. The van der Waals surface area contributed by atoms with Crippen LogP contribution in [0.4, 0.5) is 0 Å². The van der Waals surface area contributed by atoms with Gasteiger partial charge in [-0.3, -0.25) is 13.9 Å². The van der Waals surface area contributed by atoms with Crippen LogP contribution in [0.15, 0.2) is 29.1 Å². The highest BCUT2D eigenvalue weighted by Crippen LogP contribution is 2.12. The molecule has 0 amide bonds. The van der Waals surface area contributed by atoms with Crippen LogP contribution in [0.25, 0.3) is 11.0 Å². The van der Waals surface area contributed by atoms with Gasteiger partial charge in [0.05, 0.1) is 17.6 Å². The molecule has 90 valence electrons. The van der Waals surface area contributed by atoms with Crippen LogP contribution in [0.1, 0.15) is 13.8 Å². The zero-order chi connectivity index (χ0) is 12.6. The van der Waals surface area contributed by atoms with Crippen molar-refractivity contribution in [2.75, 3.05) is 0 Å². The minimum absolute atomic E-state index is 0.0548. The molecule has 1 aromatic carbocycles. The van der Waals surface area contributed by atoms with E-state index in [1.165, 1.54) is 4.57 Å². The third-order valence-corrected chi connectivity index (χ3v) is 3.01. The molecule has 4 nitrogen and oxygen atoms in total. The summed E-state index contributed by atoms with van der Waals surface area (Å²) >= 11 is 0. The van der Waals surface area contributed by atoms with Gasteiger partial charge in [-0.1, -0.05) is 26.0 Å².